The molecule has 0 amide bonds. The standard InChI is InChI=1S/C14H19ClFNO/c1-14(2,8-17-11-4-5-11)9-18-13-6-3-10(16)7-12(13)15/h3,6-7,11,17H,4-5,8-9H2,1-2H3. The average Bonchev–Trinajstić information content (AvgIpc) is 3.09. The summed E-state index contributed by atoms with van der Waals surface area (Å²) >= 11 is 5.92. The normalized spacial score (nSPS) is 15.8. The van der Waals surface area contributed by atoms with Crippen LogP contribution in [-0.4, -0.2) is 19.2 Å². The van der Waals surface area contributed by atoms with Crippen LogP contribution in [0.15, 0.2) is 18.2 Å². The fourth-order valence-electron chi connectivity index (χ4n) is 1.62. The molecule has 2 rings (SSSR count). The third-order valence-electron chi connectivity index (χ3n) is 2.96. The molecule has 1 fully saturated rings. The second-order valence-corrected chi connectivity index (χ2v) is 6.09. The zero-order valence-corrected chi connectivity index (χ0v) is 11.6. The summed E-state index contributed by atoms with van der Waals surface area (Å²) in [5, 5.41) is 3.80. The fraction of sp³-hybridized carbons (Fsp3) is 0.571. The van der Waals surface area contributed by atoms with Gasteiger partial charge in [-0.3, -0.25) is 0 Å². The average molecular weight is 272 g/mol. The monoisotopic (exact) mass is 271 g/mol. The van der Waals surface area contributed by atoms with Gasteiger partial charge in [-0.15, -0.1) is 0 Å². The lowest BCUT2D eigenvalue weighted by atomic mass is 9.95. The lowest BCUT2D eigenvalue weighted by Crippen LogP contribution is -2.35. The van der Waals surface area contributed by atoms with E-state index in [0.717, 1.165) is 6.54 Å². The van der Waals surface area contributed by atoms with Crippen molar-refractivity contribution in [2.24, 2.45) is 5.41 Å². The van der Waals surface area contributed by atoms with Crippen molar-refractivity contribution in [2.45, 2.75) is 32.7 Å². The molecule has 0 atom stereocenters. The number of halogens is 2. The van der Waals surface area contributed by atoms with E-state index in [1.807, 2.05) is 0 Å². The third kappa shape index (κ3) is 4.14. The Morgan fingerprint density at radius 3 is 2.78 bits per heavy atom. The van der Waals surface area contributed by atoms with E-state index in [1.54, 1.807) is 6.07 Å². The van der Waals surface area contributed by atoms with Crippen molar-refractivity contribution >= 4 is 11.6 Å². The number of hydrogen-bond donors (Lipinski definition) is 1. The lowest BCUT2D eigenvalue weighted by molar-refractivity contribution is 0.176. The van der Waals surface area contributed by atoms with Gasteiger partial charge in [0.05, 0.1) is 11.6 Å². The van der Waals surface area contributed by atoms with Gasteiger partial charge < -0.3 is 10.1 Å². The van der Waals surface area contributed by atoms with Crippen molar-refractivity contribution in [2.75, 3.05) is 13.2 Å². The molecular weight excluding hydrogens is 253 g/mol. The molecule has 1 saturated carbocycles. The molecule has 0 spiro atoms. The Hall–Kier alpha value is -0.800. The molecule has 0 aliphatic heterocycles. The second-order valence-electron chi connectivity index (χ2n) is 5.68. The SMILES string of the molecule is CC(C)(CNC1CC1)COc1ccc(F)cc1Cl. The lowest BCUT2D eigenvalue weighted by Gasteiger charge is -2.25. The molecule has 0 unspecified atom stereocenters. The molecule has 0 saturated heterocycles. The Morgan fingerprint density at radius 1 is 1.44 bits per heavy atom. The van der Waals surface area contributed by atoms with Gasteiger partial charge in [-0.2, -0.15) is 0 Å². The Balaban J connectivity index is 1.84. The quantitative estimate of drug-likeness (QED) is 0.853. The van der Waals surface area contributed by atoms with Gasteiger partial charge in [-0.1, -0.05) is 25.4 Å². The first-order chi connectivity index (χ1) is 8.46. The van der Waals surface area contributed by atoms with Gasteiger partial charge in [-0.05, 0) is 31.0 Å². The number of benzene rings is 1. The summed E-state index contributed by atoms with van der Waals surface area (Å²) in [4.78, 5) is 0. The van der Waals surface area contributed by atoms with Crippen molar-refractivity contribution in [3.63, 3.8) is 0 Å². The highest BCUT2D eigenvalue weighted by Crippen LogP contribution is 2.27. The maximum absolute atomic E-state index is 12.9. The highest BCUT2D eigenvalue weighted by Gasteiger charge is 2.25. The van der Waals surface area contributed by atoms with E-state index < -0.39 is 0 Å². The Labute approximate surface area is 112 Å². The number of ether oxygens (including phenoxy) is 1. The van der Waals surface area contributed by atoms with Gasteiger partial charge >= 0.3 is 0 Å². The van der Waals surface area contributed by atoms with Crippen LogP contribution in [-0.2, 0) is 0 Å². The van der Waals surface area contributed by atoms with Gasteiger partial charge in [0.15, 0.2) is 0 Å². The molecular formula is C14H19ClFNO. The van der Waals surface area contributed by atoms with Crippen LogP contribution in [0.2, 0.25) is 5.02 Å². The molecule has 0 radical (unpaired) electrons. The largest absolute Gasteiger partial charge is 0.491 e. The molecule has 1 aromatic carbocycles. The van der Waals surface area contributed by atoms with Crippen molar-refractivity contribution < 1.29 is 9.13 Å². The first-order valence-corrected chi connectivity index (χ1v) is 6.65. The molecule has 1 N–H and O–H groups in total. The number of nitrogens with one attached hydrogen (secondary N) is 1. The summed E-state index contributed by atoms with van der Waals surface area (Å²) in [6.45, 7) is 5.74. The van der Waals surface area contributed by atoms with Crippen molar-refractivity contribution in [3.8, 4) is 5.75 Å². The zero-order chi connectivity index (χ0) is 13.2. The predicted octanol–water partition coefficient (Wildman–Crippen LogP) is 3.64. The van der Waals surface area contributed by atoms with E-state index in [-0.39, 0.29) is 11.2 Å². The maximum Gasteiger partial charge on any atom is 0.138 e. The summed E-state index contributed by atoms with van der Waals surface area (Å²) in [6, 6.07) is 4.89. The Kier molecular flexibility index (Phi) is 4.13. The molecule has 2 nitrogen and oxygen atoms in total. The molecule has 1 aliphatic carbocycles. The zero-order valence-electron chi connectivity index (χ0n) is 10.8. The molecule has 4 heteroatoms. The molecule has 0 bridgehead atoms. The molecule has 18 heavy (non-hydrogen) atoms. The van der Waals surface area contributed by atoms with Crippen LogP contribution in [0.5, 0.6) is 5.75 Å². The minimum atomic E-state index is -0.345. The van der Waals surface area contributed by atoms with Crippen LogP contribution in [0, 0.1) is 11.2 Å². The number of hydrogen-bond acceptors (Lipinski definition) is 2. The topological polar surface area (TPSA) is 21.3 Å². The van der Waals surface area contributed by atoms with Crippen LogP contribution in [0.25, 0.3) is 0 Å². The molecule has 0 aromatic heterocycles. The summed E-state index contributed by atoms with van der Waals surface area (Å²) in [7, 11) is 0. The van der Waals surface area contributed by atoms with Crippen LogP contribution in [0.4, 0.5) is 4.39 Å². The first kappa shape index (κ1) is 13.6. The summed E-state index contributed by atoms with van der Waals surface area (Å²) < 4.78 is 18.6. The molecule has 1 aromatic rings. The fourth-order valence-corrected chi connectivity index (χ4v) is 1.85. The maximum atomic E-state index is 12.9. The van der Waals surface area contributed by atoms with E-state index >= 15 is 0 Å². The van der Waals surface area contributed by atoms with E-state index in [2.05, 4.69) is 19.2 Å². The van der Waals surface area contributed by atoms with Crippen molar-refractivity contribution in [1.29, 1.82) is 0 Å². The predicted molar refractivity (Wildman–Crippen MR) is 71.7 cm³/mol. The highest BCUT2D eigenvalue weighted by molar-refractivity contribution is 6.32. The van der Waals surface area contributed by atoms with E-state index in [0.29, 0.717) is 23.4 Å². The first-order valence-electron chi connectivity index (χ1n) is 6.27. The van der Waals surface area contributed by atoms with Crippen molar-refractivity contribution in [3.05, 3.63) is 29.0 Å². The van der Waals surface area contributed by atoms with Gasteiger partial charge in [0.2, 0.25) is 0 Å². The Morgan fingerprint density at radius 2 is 2.17 bits per heavy atom. The summed E-state index contributed by atoms with van der Waals surface area (Å²) in [5.41, 5.74) is 0.0281. The van der Waals surface area contributed by atoms with Crippen LogP contribution in [0.3, 0.4) is 0 Å². The minimum Gasteiger partial charge on any atom is -0.491 e. The molecule has 0 heterocycles. The summed E-state index contributed by atoms with van der Waals surface area (Å²) in [6.07, 6.45) is 2.56. The van der Waals surface area contributed by atoms with E-state index in [4.69, 9.17) is 16.3 Å². The van der Waals surface area contributed by atoms with Gasteiger partial charge in [-0.25, -0.2) is 4.39 Å². The van der Waals surface area contributed by atoms with Gasteiger partial charge in [0.25, 0.3) is 0 Å². The van der Waals surface area contributed by atoms with Gasteiger partial charge in [0.1, 0.15) is 11.6 Å². The van der Waals surface area contributed by atoms with Crippen LogP contribution in [0.1, 0.15) is 26.7 Å². The van der Waals surface area contributed by atoms with E-state index in [9.17, 15) is 4.39 Å². The second kappa shape index (κ2) is 5.45. The molecule has 100 valence electrons. The van der Waals surface area contributed by atoms with Gasteiger partial charge in [0, 0.05) is 18.0 Å². The van der Waals surface area contributed by atoms with E-state index in [1.165, 1.54) is 25.0 Å². The Bertz CT molecular complexity index is 418. The smallest absolute Gasteiger partial charge is 0.138 e. The van der Waals surface area contributed by atoms with Crippen LogP contribution < -0.4 is 10.1 Å². The highest BCUT2D eigenvalue weighted by atomic mass is 35.5. The minimum absolute atomic E-state index is 0.0281. The third-order valence-corrected chi connectivity index (χ3v) is 3.25. The van der Waals surface area contributed by atoms with Crippen LogP contribution >= 0.6 is 11.6 Å². The van der Waals surface area contributed by atoms with Crippen molar-refractivity contribution in [1.82, 2.24) is 5.32 Å². The summed E-state index contributed by atoms with van der Waals surface area (Å²) in [5.74, 6) is 0.194. The number of rotatable bonds is 6. The molecule has 1 aliphatic rings.